The second kappa shape index (κ2) is 10.4. The number of para-hydroxylation sites is 1. The van der Waals surface area contributed by atoms with Gasteiger partial charge in [-0.3, -0.25) is 24.3 Å². The first kappa shape index (κ1) is 25.6. The number of fused-ring (bicyclic) bond motifs is 1. The maximum absolute atomic E-state index is 13.2. The van der Waals surface area contributed by atoms with Crippen LogP contribution in [-0.2, 0) is 10.0 Å². The lowest BCUT2D eigenvalue weighted by Crippen LogP contribution is -2.50. The summed E-state index contributed by atoms with van der Waals surface area (Å²) < 4.78 is 29.0. The lowest BCUT2D eigenvalue weighted by Gasteiger charge is -2.35. The molecular formula is C27H24ClN5O4S. The van der Waals surface area contributed by atoms with Crippen molar-refractivity contribution in [1.82, 2.24) is 19.8 Å². The smallest absolute Gasteiger partial charge is 0.264 e. The molecule has 0 radical (unpaired) electrons. The first-order chi connectivity index (χ1) is 18.2. The summed E-state index contributed by atoms with van der Waals surface area (Å²) in [6.07, 6.45) is 4.50. The van der Waals surface area contributed by atoms with E-state index in [2.05, 4.69) is 14.7 Å². The molecule has 9 nitrogen and oxygen atoms in total. The predicted octanol–water partition coefficient (Wildman–Crippen LogP) is 3.99. The maximum Gasteiger partial charge on any atom is 0.264 e. The fourth-order valence-electron chi connectivity index (χ4n) is 4.42. The fraction of sp³-hybridized carbons (Fsp3) is 0.185. The summed E-state index contributed by atoms with van der Waals surface area (Å²) in [5, 5.41) is 1.01. The average Bonchev–Trinajstić information content (AvgIpc) is 2.93. The molecule has 2 amide bonds. The molecule has 1 N–H and O–H groups in total. The van der Waals surface area contributed by atoms with E-state index in [-0.39, 0.29) is 16.7 Å². The molecule has 38 heavy (non-hydrogen) atoms. The Labute approximate surface area is 225 Å². The van der Waals surface area contributed by atoms with Gasteiger partial charge in [0.1, 0.15) is 4.90 Å². The summed E-state index contributed by atoms with van der Waals surface area (Å²) in [4.78, 5) is 37.5. The van der Waals surface area contributed by atoms with Gasteiger partial charge in [0.05, 0.1) is 21.8 Å². The van der Waals surface area contributed by atoms with E-state index in [1.807, 2.05) is 0 Å². The third-order valence-corrected chi connectivity index (χ3v) is 8.16. The molecule has 5 rings (SSSR count). The normalized spacial score (nSPS) is 13.9. The first-order valence-electron chi connectivity index (χ1n) is 11.9. The first-order valence-corrected chi connectivity index (χ1v) is 13.8. The van der Waals surface area contributed by atoms with E-state index in [1.165, 1.54) is 18.5 Å². The van der Waals surface area contributed by atoms with Crippen molar-refractivity contribution in [3.8, 4) is 0 Å². The molecule has 2 aromatic heterocycles. The van der Waals surface area contributed by atoms with Gasteiger partial charge in [0.2, 0.25) is 0 Å². The van der Waals surface area contributed by atoms with Crippen molar-refractivity contribution in [2.45, 2.75) is 11.8 Å². The molecule has 0 bridgehead atoms. The molecule has 3 heterocycles. The summed E-state index contributed by atoms with van der Waals surface area (Å²) in [7, 11) is -3.91. The van der Waals surface area contributed by atoms with Gasteiger partial charge in [0.25, 0.3) is 21.8 Å². The number of anilines is 1. The molecule has 1 fully saturated rings. The number of sulfonamides is 1. The summed E-state index contributed by atoms with van der Waals surface area (Å²) in [6.45, 7) is 3.23. The van der Waals surface area contributed by atoms with Gasteiger partial charge in [-0.05, 0) is 48.9 Å². The van der Waals surface area contributed by atoms with E-state index in [0.29, 0.717) is 59.1 Å². The highest BCUT2D eigenvalue weighted by Gasteiger charge is 2.27. The molecule has 0 atom stereocenters. The number of carbonyl (C=O) groups excluding carboxylic acids is 2. The van der Waals surface area contributed by atoms with E-state index in [9.17, 15) is 18.0 Å². The molecule has 0 spiro atoms. The summed E-state index contributed by atoms with van der Waals surface area (Å²) >= 11 is 6.11. The van der Waals surface area contributed by atoms with Gasteiger partial charge in [0.15, 0.2) is 0 Å². The molecule has 0 unspecified atom stereocenters. The number of hydrogen-bond acceptors (Lipinski definition) is 6. The number of amides is 2. The number of nitrogens with zero attached hydrogens (tertiary/aromatic N) is 4. The Hall–Kier alpha value is -4.02. The number of pyridine rings is 2. The van der Waals surface area contributed by atoms with Crippen LogP contribution >= 0.6 is 11.6 Å². The zero-order chi connectivity index (χ0) is 26.9. The van der Waals surface area contributed by atoms with Crippen molar-refractivity contribution in [2.75, 3.05) is 30.9 Å². The van der Waals surface area contributed by atoms with Gasteiger partial charge in [-0.2, -0.15) is 0 Å². The second-order valence-electron chi connectivity index (χ2n) is 8.91. The van der Waals surface area contributed by atoms with Crippen LogP contribution < -0.4 is 4.72 Å². The molecule has 1 aliphatic heterocycles. The van der Waals surface area contributed by atoms with Crippen LogP contribution in [0.4, 0.5) is 5.69 Å². The summed E-state index contributed by atoms with van der Waals surface area (Å²) in [6, 6.07) is 15.0. The number of hydrogen-bond donors (Lipinski definition) is 1. The Morgan fingerprint density at radius 1 is 0.921 bits per heavy atom. The highest BCUT2D eigenvalue weighted by Crippen LogP contribution is 2.26. The van der Waals surface area contributed by atoms with E-state index in [0.717, 1.165) is 5.39 Å². The van der Waals surface area contributed by atoms with Crippen LogP contribution in [0.1, 0.15) is 26.3 Å². The zero-order valence-corrected chi connectivity index (χ0v) is 22.0. The Kier molecular flexibility index (Phi) is 7.00. The van der Waals surface area contributed by atoms with Gasteiger partial charge in [-0.1, -0.05) is 29.8 Å². The van der Waals surface area contributed by atoms with Crippen molar-refractivity contribution < 1.29 is 18.0 Å². The van der Waals surface area contributed by atoms with Crippen molar-refractivity contribution in [3.05, 3.63) is 94.9 Å². The molecule has 1 aliphatic rings. The fourth-order valence-corrected chi connectivity index (χ4v) is 5.93. The van der Waals surface area contributed by atoms with E-state index in [4.69, 9.17) is 11.6 Å². The average molecular weight is 550 g/mol. The maximum atomic E-state index is 13.2. The molecule has 194 valence electrons. The molecule has 4 aromatic rings. The lowest BCUT2D eigenvalue weighted by molar-refractivity contribution is 0.0535. The molecule has 0 aliphatic carbocycles. The van der Waals surface area contributed by atoms with Crippen LogP contribution in [0.5, 0.6) is 0 Å². The largest absolute Gasteiger partial charge is 0.335 e. The highest BCUT2D eigenvalue weighted by atomic mass is 35.5. The van der Waals surface area contributed by atoms with Gasteiger partial charge >= 0.3 is 0 Å². The molecule has 0 saturated carbocycles. The minimum absolute atomic E-state index is 0.0793. The number of rotatable bonds is 5. The SMILES string of the molecule is Cc1cc(C(=O)N2CCN(C(=O)c3ccncc3Cl)CC2)ccc1NS(=O)(=O)c1cccc2cccnc12. The Bertz CT molecular complexity index is 1650. The van der Waals surface area contributed by atoms with Crippen molar-refractivity contribution in [3.63, 3.8) is 0 Å². The summed E-state index contributed by atoms with van der Waals surface area (Å²) in [5.41, 5.74) is 2.19. The van der Waals surface area contributed by atoms with Crippen LogP contribution in [0.3, 0.4) is 0 Å². The van der Waals surface area contributed by atoms with Crippen LogP contribution in [0, 0.1) is 6.92 Å². The van der Waals surface area contributed by atoms with Crippen molar-refractivity contribution in [2.24, 2.45) is 0 Å². The minimum Gasteiger partial charge on any atom is -0.335 e. The predicted molar refractivity (Wildman–Crippen MR) is 145 cm³/mol. The molecule has 11 heteroatoms. The van der Waals surface area contributed by atoms with Crippen LogP contribution in [-0.4, -0.2) is 66.2 Å². The standard InChI is InChI=1S/C27H24ClN5O4S/c1-18-16-20(26(34)32-12-14-33(15-13-32)27(35)21-9-11-29-17-22(21)28)7-8-23(18)31-38(36,37)24-6-2-4-19-5-3-10-30-25(19)24/h2-11,16-17,31H,12-15H2,1H3. The lowest BCUT2D eigenvalue weighted by atomic mass is 10.1. The number of aromatic nitrogens is 2. The number of piperazine rings is 1. The minimum atomic E-state index is -3.91. The topological polar surface area (TPSA) is 113 Å². The van der Waals surface area contributed by atoms with Crippen LogP contribution in [0.2, 0.25) is 5.02 Å². The quantitative estimate of drug-likeness (QED) is 0.403. The third kappa shape index (κ3) is 5.05. The van der Waals surface area contributed by atoms with Crippen molar-refractivity contribution in [1.29, 1.82) is 0 Å². The highest BCUT2D eigenvalue weighted by molar-refractivity contribution is 7.93. The Morgan fingerprint density at radius 3 is 2.34 bits per heavy atom. The van der Waals surface area contributed by atoms with Gasteiger partial charge in [-0.25, -0.2) is 8.42 Å². The van der Waals surface area contributed by atoms with Crippen LogP contribution in [0.15, 0.2) is 78.1 Å². The number of aryl methyl sites for hydroxylation is 1. The van der Waals surface area contributed by atoms with Gasteiger partial charge in [0, 0.05) is 55.7 Å². The monoisotopic (exact) mass is 549 g/mol. The number of nitrogens with one attached hydrogen (secondary N) is 1. The second-order valence-corrected chi connectivity index (χ2v) is 11.0. The summed E-state index contributed by atoms with van der Waals surface area (Å²) in [5.74, 6) is -0.381. The Morgan fingerprint density at radius 2 is 1.63 bits per heavy atom. The Balaban J connectivity index is 1.27. The van der Waals surface area contributed by atoms with Crippen molar-refractivity contribution >= 4 is 50.0 Å². The van der Waals surface area contributed by atoms with Gasteiger partial charge < -0.3 is 9.80 Å². The molecular weight excluding hydrogens is 526 g/mol. The molecule has 2 aromatic carbocycles. The van der Waals surface area contributed by atoms with Crippen LogP contribution in [0.25, 0.3) is 10.9 Å². The van der Waals surface area contributed by atoms with E-state index >= 15 is 0 Å². The zero-order valence-electron chi connectivity index (χ0n) is 20.5. The number of benzene rings is 2. The molecule has 1 saturated heterocycles. The van der Waals surface area contributed by atoms with E-state index in [1.54, 1.807) is 71.5 Å². The van der Waals surface area contributed by atoms with Gasteiger partial charge in [-0.15, -0.1) is 0 Å². The number of halogens is 1. The third-order valence-electron chi connectivity index (χ3n) is 6.46. The van der Waals surface area contributed by atoms with E-state index < -0.39 is 10.0 Å². The number of carbonyl (C=O) groups is 2.